The van der Waals surface area contributed by atoms with E-state index in [1.807, 2.05) is 0 Å². The molecule has 2 nitrogen and oxygen atoms in total. The van der Waals surface area contributed by atoms with Gasteiger partial charge in [-0.05, 0) is 23.1 Å². The third-order valence-electron chi connectivity index (χ3n) is 3.55. The molecule has 0 amide bonds. The van der Waals surface area contributed by atoms with E-state index in [9.17, 15) is 0 Å². The number of aromatic nitrogens is 2. The van der Waals surface area contributed by atoms with Gasteiger partial charge in [0.1, 0.15) is 5.69 Å². The average molecular weight is 227 g/mol. The van der Waals surface area contributed by atoms with Crippen molar-refractivity contribution < 1.29 is 4.57 Å². The molecule has 88 valence electrons. The summed E-state index contributed by atoms with van der Waals surface area (Å²) in [6.45, 7) is 8.96. The van der Waals surface area contributed by atoms with Gasteiger partial charge in [-0.3, -0.25) is 0 Å². The van der Waals surface area contributed by atoms with E-state index in [1.165, 1.54) is 17.0 Å². The average Bonchev–Trinajstić information content (AvgIpc) is 2.72. The Labute approximate surface area is 103 Å². The van der Waals surface area contributed by atoms with Crippen LogP contribution in [0.15, 0.2) is 36.7 Å². The maximum absolute atomic E-state index is 2.38. The first kappa shape index (κ1) is 10.6. The van der Waals surface area contributed by atoms with E-state index in [4.69, 9.17) is 0 Å². The van der Waals surface area contributed by atoms with Gasteiger partial charge in [-0.25, -0.2) is 0 Å². The molecular weight excluding hydrogens is 208 g/mol. The number of nitrogens with zero attached hydrogens (tertiary/aromatic N) is 2. The predicted molar refractivity (Wildman–Crippen MR) is 68.8 cm³/mol. The topological polar surface area (TPSA) is 8.81 Å². The molecule has 0 spiro atoms. The normalized spacial score (nSPS) is 14.3. The molecule has 0 saturated carbocycles. The van der Waals surface area contributed by atoms with Gasteiger partial charge in [-0.1, -0.05) is 20.8 Å². The molecule has 1 aliphatic heterocycles. The van der Waals surface area contributed by atoms with Gasteiger partial charge in [0, 0.05) is 18.3 Å². The molecule has 0 saturated heterocycles. The fraction of sp³-hybridized carbons (Fsp3) is 0.400. The highest BCUT2D eigenvalue weighted by atomic mass is 15.1. The van der Waals surface area contributed by atoms with Crippen molar-refractivity contribution in [3.63, 3.8) is 0 Å². The quantitative estimate of drug-likeness (QED) is 0.612. The van der Waals surface area contributed by atoms with Crippen LogP contribution in [0.4, 0.5) is 0 Å². The second-order valence-corrected chi connectivity index (χ2v) is 5.84. The fourth-order valence-corrected chi connectivity index (χ4v) is 2.44. The lowest BCUT2D eigenvalue weighted by molar-refractivity contribution is -0.690. The second-order valence-electron chi connectivity index (χ2n) is 5.84. The molecule has 3 rings (SSSR count). The van der Waals surface area contributed by atoms with Crippen molar-refractivity contribution in [1.82, 2.24) is 4.57 Å². The standard InChI is InChI=1S/C15H19N2/c1-15(2,3)12-10-14-13-6-4-5-7-16(13)8-9-17(14)11-12/h4-7,10-11H,8-9H2,1-3H3/q+1. The van der Waals surface area contributed by atoms with Gasteiger partial charge in [0.05, 0.1) is 6.54 Å². The van der Waals surface area contributed by atoms with Crippen molar-refractivity contribution in [2.75, 3.05) is 0 Å². The highest BCUT2D eigenvalue weighted by Gasteiger charge is 2.25. The molecule has 0 atom stereocenters. The summed E-state index contributed by atoms with van der Waals surface area (Å²) in [6, 6.07) is 8.76. The maximum Gasteiger partial charge on any atom is 0.229 e. The van der Waals surface area contributed by atoms with E-state index >= 15 is 0 Å². The lowest BCUT2D eigenvalue weighted by Gasteiger charge is -2.15. The number of fused-ring (bicyclic) bond motifs is 3. The molecule has 0 radical (unpaired) electrons. The summed E-state index contributed by atoms with van der Waals surface area (Å²) >= 11 is 0. The molecule has 2 aromatic rings. The van der Waals surface area contributed by atoms with Crippen molar-refractivity contribution in [3.8, 4) is 11.4 Å². The Bertz CT molecular complexity index is 559. The highest BCUT2D eigenvalue weighted by Crippen LogP contribution is 2.29. The zero-order valence-electron chi connectivity index (χ0n) is 10.8. The molecule has 0 N–H and O–H groups in total. The lowest BCUT2D eigenvalue weighted by atomic mass is 9.89. The minimum Gasteiger partial charge on any atom is -0.336 e. The second kappa shape index (κ2) is 3.46. The molecule has 0 aromatic carbocycles. The number of aryl methyl sites for hydroxylation is 2. The Hall–Kier alpha value is -1.57. The summed E-state index contributed by atoms with van der Waals surface area (Å²) in [5.41, 5.74) is 4.32. The molecule has 0 unspecified atom stereocenters. The van der Waals surface area contributed by atoms with Crippen LogP contribution in [0.5, 0.6) is 0 Å². The van der Waals surface area contributed by atoms with Crippen LogP contribution in [0.25, 0.3) is 11.4 Å². The van der Waals surface area contributed by atoms with Gasteiger partial charge in [0.15, 0.2) is 12.7 Å². The third-order valence-corrected chi connectivity index (χ3v) is 3.55. The van der Waals surface area contributed by atoms with Crippen LogP contribution in [0.1, 0.15) is 26.3 Å². The smallest absolute Gasteiger partial charge is 0.229 e. The van der Waals surface area contributed by atoms with Gasteiger partial charge in [0.2, 0.25) is 5.69 Å². The highest BCUT2D eigenvalue weighted by molar-refractivity contribution is 5.55. The van der Waals surface area contributed by atoms with E-state index in [1.54, 1.807) is 0 Å². The Morgan fingerprint density at radius 3 is 2.82 bits per heavy atom. The molecule has 2 heteroatoms. The zero-order chi connectivity index (χ0) is 12.0. The van der Waals surface area contributed by atoms with Crippen molar-refractivity contribution in [2.24, 2.45) is 0 Å². The Balaban J connectivity index is 2.17. The molecular formula is C15H19N2+. The minimum atomic E-state index is 0.226. The number of rotatable bonds is 0. The summed E-state index contributed by atoms with van der Waals surface area (Å²) in [5, 5.41) is 0. The lowest BCUT2D eigenvalue weighted by Crippen LogP contribution is -2.41. The van der Waals surface area contributed by atoms with Gasteiger partial charge in [-0.15, -0.1) is 0 Å². The molecule has 0 aliphatic carbocycles. The van der Waals surface area contributed by atoms with Crippen LogP contribution in [0, 0.1) is 0 Å². The first-order chi connectivity index (χ1) is 8.05. The Morgan fingerprint density at radius 1 is 1.24 bits per heavy atom. The van der Waals surface area contributed by atoms with E-state index in [2.05, 4.69) is 66.6 Å². The zero-order valence-corrected chi connectivity index (χ0v) is 10.8. The summed E-state index contributed by atoms with van der Waals surface area (Å²) < 4.78 is 4.72. The Kier molecular flexibility index (Phi) is 2.15. The number of hydrogen-bond acceptors (Lipinski definition) is 0. The van der Waals surface area contributed by atoms with Gasteiger partial charge >= 0.3 is 0 Å². The van der Waals surface area contributed by atoms with Gasteiger partial charge in [-0.2, -0.15) is 4.57 Å². The fourth-order valence-electron chi connectivity index (χ4n) is 2.44. The predicted octanol–water partition coefficient (Wildman–Crippen LogP) is 2.75. The van der Waals surface area contributed by atoms with Crippen molar-refractivity contribution in [2.45, 2.75) is 39.3 Å². The van der Waals surface area contributed by atoms with Crippen LogP contribution in [0.2, 0.25) is 0 Å². The molecule has 2 aromatic heterocycles. The van der Waals surface area contributed by atoms with E-state index in [-0.39, 0.29) is 5.41 Å². The number of pyridine rings is 1. The summed E-state index contributed by atoms with van der Waals surface area (Å²) in [4.78, 5) is 0. The maximum atomic E-state index is 2.38. The summed E-state index contributed by atoms with van der Waals surface area (Å²) in [5.74, 6) is 0. The first-order valence-corrected chi connectivity index (χ1v) is 6.25. The molecule has 0 fully saturated rings. The van der Waals surface area contributed by atoms with Crippen LogP contribution < -0.4 is 4.57 Å². The van der Waals surface area contributed by atoms with Crippen molar-refractivity contribution in [3.05, 3.63) is 42.2 Å². The van der Waals surface area contributed by atoms with Crippen LogP contribution >= 0.6 is 0 Å². The monoisotopic (exact) mass is 227 g/mol. The van der Waals surface area contributed by atoms with Crippen molar-refractivity contribution in [1.29, 1.82) is 0 Å². The van der Waals surface area contributed by atoms with Crippen LogP contribution in [-0.2, 0) is 18.5 Å². The Morgan fingerprint density at radius 2 is 2.06 bits per heavy atom. The largest absolute Gasteiger partial charge is 0.336 e. The molecule has 17 heavy (non-hydrogen) atoms. The number of hydrogen-bond donors (Lipinski definition) is 0. The minimum absolute atomic E-state index is 0.226. The molecule has 0 bridgehead atoms. The van der Waals surface area contributed by atoms with Gasteiger partial charge in [0.25, 0.3) is 0 Å². The van der Waals surface area contributed by atoms with Crippen LogP contribution in [-0.4, -0.2) is 4.57 Å². The SMILES string of the molecule is CC(C)(C)c1cc2n(c1)CC[n+]1ccccc1-2. The first-order valence-electron chi connectivity index (χ1n) is 6.25. The van der Waals surface area contributed by atoms with Crippen LogP contribution in [0.3, 0.4) is 0 Å². The van der Waals surface area contributed by atoms with E-state index in [0.29, 0.717) is 0 Å². The van der Waals surface area contributed by atoms with Gasteiger partial charge < -0.3 is 4.57 Å². The summed E-state index contributed by atoms with van der Waals surface area (Å²) in [7, 11) is 0. The molecule has 3 heterocycles. The van der Waals surface area contributed by atoms with E-state index in [0.717, 1.165) is 13.1 Å². The third kappa shape index (κ3) is 1.68. The molecule has 1 aliphatic rings. The van der Waals surface area contributed by atoms with E-state index < -0.39 is 0 Å². The van der Waals surface area contributed by atoms with Crippen molar-refractivity contribution >= 4 is 0 Å². The summed E-state index contributed by atoms with van der Waals surface area (Å²) in [6.07, 6.45) is 4.48.